The van der Waals surface area contributed by atoms with Gasteiger partial charge in [-0.05, 0) is 0 Å². The van der Waals surface area contributed by atoms with E-state index in [1.54, 1.807) is 0 Å². The molecule has 0 aromatic carbocycles. The van der Waals surface area contributed by atoms with Crippen LogP contribution >= 0.6 is 0 Å². The number of hydrogen-bond donors (Lipinski definition) is 0. The third-order valence-corrected chi connectivity index (χ3v) is 1.36. The van der Waals surface area contributed by atoms with Crippen molar-refractivity contribution in [3.8, 4) is 0 Å². The van der Waals surface area contributed by atoms with Gasteiger partial charge >= 0.3 is 26.2 Å². The van der Waals surface area contributed by atoms with Crippen LogP contribution in [0, 0.1) is 6.08 Å². The van der Waals surface area contributed by atoms with Crippen molar-refractivity contribution in [2.45, 2.75) is 20.3 Å². The molecule has 55 valence electrons. The molecule has 0 nitrogen and oxygen atoms in total. The van der Waals surface area contributed by atoms with Gasteiger partial charge in [0, 0.05) is 0 Å². The zero-order valence-corrected chi connectivity index (χ0v) is 10.0. The fourth-order valence-electron chi connectivity index (χ4n) is 0.620. The molecule has 0 N–H and O–H groups in total. The first-order valence-corrected chi connectivity index (χ1v) is 2.53. The monoisotopic (exact) mass is 253 g/mol. The summed E-state index contributed by atoms with van der Waals surface area (Å²) >= 11 is 0. The van der Waals surface area contributed by atoms with Crippen LogP contribution in [-0.2, 0) is 26.2 Å². The molecule has 0 aliphatic heterocycles. The number of allylic oxidation sites excluding steroid dienone is 4. The molecule has 0 saturated heterocycles. The fraction of sp³-hybridized carbons (Fsp3) is 0.429. The van der Waals surface area contributed by atoms with E-state index in [1.807, 2.05) is 0 Å². The van der Waals surface area contributed by atoms with Crippen LogP contribution in [0.5, 0.6) is 0 Å². The first kappa shape index (κ1) is 17.1. The van der Waals surface area contributed by atoms with Crippen molar-refractivity contribution in [3.05, 3.63) is 23.3 Å². The van der Waals surface area contributed by atoms with Gasteiger partial charge in [-0.1, -0.05) is 6.92 Å². The molecule has 1 radical (unpaired) electrons. The molecule has 0 saturated carbocycles. The van der Waals surface area contributed by atoms with Gasteiger partial charge in [0.25, 0.3) is 0 Å². The van der Waals surface area contributed by atoms with E-state index in [-0.39, 0.29) is 51.0 Å². The van der Waals surface area contributed by atoms with Crippen molar-refractivity contribution in [1.29, 1.82) is 0 Å². The Morgan fingerprint density at radius 1 is 1.30 bits per heavy atom. The Labute approximate surface area is 94.1 Å². The molecule has 1 aliphatic rings. The average molecular weight is 255 g/mol. The molecule has 0 fully saturated rings. The maximum Gasteiger partial charge on any atom is 3.00 e. The molecule has 0 amide bonds. The van der Waals surface area contributed by atoms with E-state index in [0.717, 1.165) is 6.42 Å². The molecule has 10 heavy (non-hydrogen) atoms. The summed E-state index contributed by atoms with van der Waals surface area (Å²) in [5, 5.41) is 0. The van der Waals surface area contributed by atoms with Gasteiger partial charge in [-0.3, -0.25) is 6.08 Å². The number of hydrogen-bond acceptors (Lipinski definition) is 0. The standard InChI is InChI=1S/C7H9.2ClH.Zr/c1-6-4-3-5-7(6)2;;;/h4H,5H2,1-2H3;2*1H;/q-1;;;+3/p-2. The molecule has 0 aromatic heterocycles. The molecule has 0 atom stereocenters. The van der Waals surface area contributed by atoms with Crippen molar-refractivity contribution in [2.75, 3.05) is 0 Å². The van der Waals surface area contributed by atoms with E-state index < -0.39 is 0 Å². The predicted octanol–water partition coefficient (Wildman–Crippen LogP) is -3.91. The quantitative estimate of drug-likeness (QED) is 0.388. The summed E-state index contributed by atoms with van der Waals surface area (Å²) in [5.41, 5.74) is 2.85. The zero-order valence-electron chi connectivity index (χ0n) is 6.04. The normalized spacial score (nSPS) is 13.4. The summed E-state index contributed by atoms with van der Waals surface area (Å²) in [6.07, 6.45) is 6.22. The minimum absolute atomic E-state index is 0. The van der Waals surface area contributed by atoms with Crippen molar-refractivity contribution < 1.29 is 51.0 Å². The molecule has 0 bridgehead atoms. The Morgan fingerprint density at radius 3 is 1.90 bits per heavy atom. The van der Waals surface area contributed by atoms with Crippen LogP contribution in [0.15, 0.2) is 17.2 Å². The minimum atomic E-state index is 0. The Hall–Kier alpha value is 0.943. The minimum Gasteiger partial charge on any atom is -1.00 e. The van der Waals surface area contributed by atoms with E-state index in [9.17, 15) is 0 Å². The van der Waals surface area contributed by atoms with E-state index >= 15 is 0 Å². The van der Waals surface area contributed by atoms with Crippen LogP contribution in [0.1, 0.15) is 20.3 Å². The molecular weight excluding hydrogens is 246 g/mol. The second-order valence-corrected chi connectivity index (χ2v) is 1.99. The summed E-state index contributed by atoms with van der Waals surface area (Å²) < 4.78 is 0. The van der Waals surface area contributed by atoms with Crippen molar-refractivity contribution in [3.63, 3.8) is 0 Å². The molecule has 3 heteroatoms. The number of rotatable bonds is 0. The average Bonchev–Trinajstić information content (AvgIpc) is 1.91. The second-order valence-electron chi connectivity index (χ2n) is 1.99. The fourth-order valence-corrected chi connectivity index (χ4v) is 0.620. The Morgan fingerprint density at radius 2 is 1.80 bits per heavy atom. The van der Waals surface area contributed by atoms with Gasteiger partial charge in [0.05, 0.1) is 0 Å². The first-order valence-electron chi connectivity index (χ1n) is 2.53. The largest absolute Gasteiger partial charge is 3.00 e. The van der Waals surface area contributed by atoms with Crippen LogP contribution in [0.2, 0.25) is 0 Å². The maximum atomic E-state index is 3.12. The first-order chi connectivity index (χ1) is 3.30. The van der Waals surface area contributed by atoms with E-state index in [2.05, 4.69) is 26.0 Å². The van der Waals surface area contributed by atoms with Crippen molar-refractivity contribution in [1.82, 2.24) is 0 Å². The molecular formula is C7H9Cl2Zr. The topological polar surface area (TPSA) is 0 Å². The maximum absolute atomic E-state index is 3.12. The third-order valence-electron chi connectivity index (χ3n) is 1.36. The summed E-state index contributed by atoms with van der Waals surface area (Å²) in [4.78, 5) is 0. The molecule has 1 aliphatic carbocycles. The van der Waals surface area contributed by atoms with Crippen LogP contribution < -0.4 is 24.8 Å². The molecule has 1 rings (SSSR count). The van der Waals surface area contributed by atoms with E-state index in [0.29, 0.717) is 0 Å². The van der Waals surface area contributed by atoms with Gasteiger partial charge in [0.15, 0.2) is 0 Å². The van der Waals surface area contributed by atoms with Crippen LogP contribution in [0.3, 0.4) is 0 Å². The van der Waals surface area contributed by atoms with Crippen LogP contribution in [0.25, 0.3) is 0 Å². The van der Waals surface area contributed by atoms with Gasteiger partial charge in [-0.2, -0.15) is 5.57 Å². The van der Waals surface area contributed by atoms with Crippen LogP contribution in [-0.4, -0.2) is 0 Å². The Balaban J connectivity index is -0.000000163. The van der Waals surface area contributed by atoms with Crippen LogP contribution in [0.4, 0.5) is 0 Å². The van der Waals surface area contributed by atoms with Gasteiger partial charge in [0.1, 0.15) is 0 Å². The summed E-state index contributed by atoms with van der Waals surface area (Å²) in [6.45, 7) is 4.27. The predicted molar refractivity (Wildman–Crippen MR) is 30.8 cm³/mol. The zero-order chi connectivity index (χ0) is 5.28. The van der Waals surface area contributed by atoms with Gasteiger partial charge in [-0.25, -0.2) is 11.6 Å². The molecule has 0 spiro atoms. The summed E-state index contributed by atoms with van der Waals surface area (Å²) in [7, 11) is 0. The Bertz CT molecular complexity index is 139. The van der Waals surface area contributed by atoms with E-state index in [4.69, 9.17) is 0 Å². The Kier molecular flexibility index (Phi) is 13.8. The van der Waals surface area contributed by atoms with Gasteiger partial charge in [-0.15, -0.1) is 13.3 Å². The van der Waals surface area contributed by atoms with Crippen molar-refractivity contribution in [2.24, 2.45) is 0 Å². The van der Waals surface area contributed by atoms with Gasteiger partial charge < -0.3 is 24.8 Å². The molecule has 0 aromatic rings. The third kappa shape index (κ3) is 4.71. The molecule has 0 unspecified atom stereocenters. The van der Waals surface area contributed by atoms with E-state index in [1.165, 1.54) is 11.1 Å². The SMILES string of the molecule is CC1=C(C)C[C-]=C1.[Cl-].[Cl-].[Zr+3]. The summed E-state index contributed by atoms with van der Waals surface area (Å²) in [6, 6.07) is 0. The second kappa shape index (κ2) is 8.04. The van der Waals surface area contributed by atoms with Gasteiger partial charge in [0.2, 0.25) is 0 Å². The number of halogens is 2. The summed E-state index contributed by atoms with van der Waals surface area (Å²) in [5.74, 6) is 0. The molecule has 0 heterocycles. The van der Waals surface area contributed by atoms with Crippen molar-refractivity contribution >= 4 is 0 Å². The smallest absolute Gasteiger partial charge is 1.00 e.